The van der Waals surface area contributed by atoms with Gasteiger partial charge >= 0.3 is 0 Å². The highest BCUT2D eigenvalue weighted by Gasteiger charge is 2.08. The van der Waals surface area contributed by atoms with Crippen molar-refractivity contribution >= 4 is 5.91 Å². The molecule has 2 rings (SSSR count). The van der Waals surface area contributed by atoms with Gasteiger partial charge in [-0.3, -0.25) is 4.79 Å². The minimum absolute atomic E-state index is 0.0737. The van der Waals surface area contributed by atoms with E-state index in [0.717, 1.165) is 24.2 Å². The van der Waals surface area contributed by atoms with Crippen LogP contribution in [-0.2, 0) is 11.2 Å². The van der Waals surface area contributed by atoms with Gasteiger partial charge in [0.2, 0.25) is 5.91 Å². The molecule has 1 heterocycles. The summed E-state index contributed by atoms with van der Waals surface area (Å²) in [5, 5.41) is 7.02. The van der Waals surface area contributed by atoms with Crippen molar-refractivity contribution in [1.29, 1.82) is 0 Å². The molecule has 0 bridgehead atoms. The molecule has 0 aliphatic carbocycles. The van der Waals surface area contributed by atoms with Crippen LogP contribution in [-0.4, -0.2) is 33.8 Å². The van der Waals surface area contributed by atoms with Crippen molar-refractivity contribution in [2.24, 2.45) is 0 Å². The first-order chi connectivity index (χ1) is 11.6. The third-order valence-electron chi connectivity index (χ3n) is 3.89. The van der Waals surface area contributed by atoms with Gasteiger partial charge in [0.1, 0.15) is 18.4 Å². The normalized spacial score (nSPS) is 12.0. The summed E-state index contributed by atoms with van der Waals surface area (Å²) in [7, 11) is 0. The molecule has 0 radical (unpaired) electrons. The molecule has 0 aliphatic rings. The van der Waals surface area contributed by atoms with Gasteiger partial charge in [-0.2, -0.15) is 5.10 Å². The molecule has 1 atom stereocenters. The largest absolute Gasteiger partial charge is 0.494 e. The van der Waals surface area contributed by atoms with Crippen molar-refractivity contribution < 1.29 is 9.53 Å². The summed E-state index contributed by atoms with van der Waals surface area (Å²) in [5.74, 6) is 1.01. The molecule has 6 heteroatoms. The summed E-state index contributed by atoms with van der Waals surface area (Å²) in [6.07, 6.45) is 5.40. The van der Waals surface area contributed by atoms with Gasteiger partial charge in [0.15, 0.2) is 0 Å². The second-order valence-corrected chi connectivity index (χ2v) is 5.92. The lowest BCUT2D eigenvalue weighted by molar-refractivity contribution is -0.121. The fourth-order valence-electron chi connectivity index (χ4n) is 2.53. The Morgan fingerprint density at radius 3 is 2.92 bits per heavy atom. The highest BCUT2D eigenvalue weighted by atomic mass is 16.5. The van der Waals surface area contributed by atoms with Crippen LogP contribution in [0.2, 0.25) is 0 Å². The van der Waals surface area contributed by atoms with Gasteiger partial charge in [0.25, 0.3) is 0 Å². The molecule has 1 unspecified atom stereocenters. The lowest BCUT2D eigenvalue weighted by Crippen LogP contribution is -2.29. The van der Waals surface area contributed by atoms with Crippen LogP contribution in [0.15, 0.2) is 30.9 Å². The first kappa shape index (κ1) is 18.0. The van der Waals surface area contributed by atoms with Gasteiger partial charge in [0, 0.05) is 13.0 Å². The number of amides is 1. The molecule has 24 heavy (non-hydrogen) atoms. The number of nitrogens with one attached hydrogen (secondary N) is 1. The fraction of sp³-hybridized carbons (Fsp3) is 0.500. The summed E-state index contributed by atoms with van der Waals surface area (Å²) in [4.78, 5) is 15.8. The minimum atomic E-state index is 0.0737. The van der Waals surface area contributed by atoms with Crippen LogP contribution in [0.25, 0.3) is 0 Å². The Morgan fingerprint density at radius 1 is 1.42 bits per heavy atom. The predicted octanol–water partition coefficient (Wildman–Crippen LogP) is 2.69. The van der Waals surface area contributed by atoms with Crippen molar-refractivity contribution in [3.63, 3.8) is 0 Å². The van der Waals surface area contributed by atoms with Crippen LogP contribution in [0.1, 0.15) is 43.9 Å². The van der Waals surface area contributed by atoms with E-state index in [1.54, 1.807) is 11.0 Å². The monoisotopic (exact) mass is 330 g/mol. The van der Waals surface area contributed by atoms with Crippen molar-refractivity contribution in [3.05, 3.63) is 42.0 Å². The Kier molecular flexibility index (Phi) is 6.78. The SMILES string of the molecule is CCOc1ccc(CCCC(=O)NCC(C)n2cncn2)cc1C. The van der Waals surface area contributed by atoms with Crippen LogP contribution in [0, 0.1) is 6.92 Å². The van der Waals surface area contributed by atoms with E-state index in [-0.39, 0.29) is 11.9 Å². The molecule has 2 aromatic rings. The molecule has 0 fully saturated rings. The zero-order valence-electron chi connectivity index (χ0n) is 14.7. The average Bonchev–Trinajstić information content (AvgIpc) is 3.10. The third kappa shape index (κ3) is 5.37. The molecule has 0 saturated heterocycles. The smallest absolute Gasteiger partial charge is 0.220 e. The minimum Gasteiger partial charge on any atom is -0.494 e. The first-order valence-electron chi connectivity index (χ1n) is 8.43. The van der Waals surface area contributed by atoms with E-state index >= 15 is 0 Å². The summed E-state index contributed by atoms with van der Waals surface area (Å²) < 4.78 is 7.28. The number of hydrogen-bond acceptors (Lipinski definition) is 4. The lowest BCUT2D eigenvalue weighted by atomic mass is 10.0. The second-order valence-electron chi connectivity index (χ2n) is 5.92. The maximum absolute atomic E-state index is 11.9. The number of aryl methyl sites for hydroxylation is 2. The molecule has 0 spiro atoms. The fourth-order valence-corrected chi connectivity index (χ4v) is 2.53. The summed E-state index contributed by atoms with van der Waals surface area (Å²) in [6.45, 7) is 7.26. The van der Waals surface area contributed by atoms with Crippen LogP contribution in [0.5, 0.6) is 5.75 Å². The number of rotatable bonds is 9. The highest BCUT2D eigenvalue weighted by Crippen LogP contribution is 2.20. The Bertz CT molecular complexity index is 640. The Morgan fingerprint density at radius 2 is 2.25 bits per heavy atom. The summed E-state index contributed by atoms with van der Waals surface area (Å²) in [6, 6.07) is 6.32. The number of ether oxygens (including phenoxy) is 1. The number of nitrogens with zero attached hydrogens (tertiary/aromatic N) is 3. The Balaban J connectivity index is 1.69. The highest BCUT2D eigenvalue weighted by molar-refractivity contribution is 5.75. The van der Waals surface area contributed by atoms with Gasteiger partial charge < -0.3 is 10.1 Å². The molecule has 1 N–H and O–H groups in total. The molecular weight excluding hydrogens is 304 g/mol. The second kappa shape index (κ2) is 9.05. The maximum atomic E-state index is 11.9. The summed E-state index contributed by atoms with van der Waals surface area (Å²) in [5.41, 5.74) is 2.38. The number of aromatic nitrogens is 3. The van der Waals surface area contributed by atoms with Crippen LogP contribution >= 0.6 is 0 Å². The van der Waals surface area contributed by atoms with E-state index in [9.17, 15) is 4.79 Å². The average molecular weight is 330 g/mol. The molecule has 0 aliphatic heterocycles. The number of carbonyl (C=O) groups excluding carboxylic acids is 1. The van der Waals surface area contributed by atoms with Gasteiger partial charge in [-0.25, -0.2) is 9.67 Å². The first-order valence-corrected chi connectivity index (χ1v) is 8.43. The van der Waals surface area contributed by atoms with Crippen LogP contribution < -0.4 is 10.1 Å². The van der Waals surface area contributed by atoms with Crippen molar-refractivity contribution in [2.75, 3.05) is 13.2 Å². The number of benzene rings is 1. The van der Waals surface area contributed by atoms with Gasteiger partial charge in [-0.15, -0.1) is 0 Å². The maximum Gasteiger partial charge on any atom is 0.220 e. The number of hydrogen-bond donors (Lipinski definition) is 1. The van der Waals surface area contributed by atoms with E-state index < -0.39 is 0 Å². The van der Waals surface area contributed by atoms with E-state index in [2.05, 4.69) is 27.5 Å². The molecule has 1 amide bonds. The summed E-state index contributed by atoms with van der Waals surface area (Å²) >= 11 is 0. The van der Waals surface area contributed by atoms with E-state index in [0.29, 0.717) is 19.6 Å². The number of carbonyl (C=O) groups is 1. The van der Waals surface area contributed by atoms with Gasteiger partial charge in [0.05, 0.1) is 12.6 Å². The zero-order chi connectivity index (χ0) is 17.4. The standard InChI is InChI=1S/C18H26N4O2/c1-4-24-17-9-8-16(10-14(17)2)6-5-7-18(23)20-11-15(3)22-13-19-12-21-22/h8-10,12-13,15H,4-7,11H2,1-3H3,(H,20,23). The molecular formula is C18H26N4O2. The predicted molar refractivity (Wildman–Crippen MR) is 93.0 cm³/mol. The molecule has 0 saturated carbocycles. The van der Waals surface area contributed by atoms with Crippen LogP contribution in [0.4, 0.5) is 0 Å². The van der Waals surface area contributed by atoms with Crippen molar-refractivity contribution in [3.8, 4) is 5.75 Å². The molecule has 1 aromatic carbocycles. The molecule has 6 nitrogen and oxygen atoms in total. The van der Waals surface area contributed by atoms with Gasteiger partial charge in [-0.05, 0) is 50.8 Å². The van der Waals surface area contributed by atoms with Crippen molar-refractivity contribution in [1.82, 2.24) is 20.1 Å². The van der Waals surface area contributed by atoms with E-state index in [1.165, 1.54) is 11.9 Å². The zero-order valence-corrected chi connectivity index (χ0v) is 14.7. The lowest BCUT2D eigenvalue weighted by Gasteiger charge is -2.12. The topological polar surface area (TPSA) is 69.0 Å². The molecule has 1 aromatic heterocycles. The Labute approximate surface area is 143 Å². The van der Waals surface area contributed by atoms with Gasteiger partial charge in [-0.1, -0.05) is 12.1 Å². The quantitative estimate of drug-likeness (QED) is 0.767. The van der Waals surface area contributed by atoms with E-state index in [1.807, 2.05) is 26.8 Å². The van der Waals surface area contributed by atoms with E-state index in [4.69, 9.17) is 4.74 Å². The van der Waals surface area contributed by atoms with Crippen molar-refractivity contribution in [2.45, 2.75) is 46.1 Å². The molecule has 130 valence electrons. The van der Waals surface area contributed by atoms with Crippen LogP contribution in [0.3, 0.4) is 0 Å². The third-order valence-corrected chi connectivity index (χ3v) is 3.89. The Hall–Kier alpha value is -2.37.